The zero-order valence-corrected chi connectivity index (χ0v) is 12.9. The summed E-state index contributed by atoms with van der Waals surface area (Å²) in [5, 5.41) is 0. The smallest absolute Gasteiger partial charge is 0.325 e. The largest absolute Gasteiger partial charge is 0.483 e. The van der Waals surface area contributed by atoms with Crippen LogP contribution < -0.4 is 4.74 Å². The van der Waals surface area contributed by atoms with Gasteiger partial charge in [-0.1, -0.05) is 32.0 Å². The molecule has 1 heterocycles. The van der Waals surface area contributed by atoms with Gasteiger partial charge in [-0.25, -0.2) is 0 Å². The molecule has 0 bridgehead atoms. The molecule has 0 saturated carbocycles. The van der Waals surface area contributed by atoms with Gasteiger partial charge in [-0.2, -0.15) is 0 Å². The predicted octanol–water partition coefficient (Wildman–Crippen LogP) is 2.18. The average Bonchev–Trinajstić information content (AvgIpc) is 2.73. The van der Waals surface area contributed by atoms with E-state index in [9.17, 15) is 14.4 Å². The standard InChI is InChI=1S/C17H20O5/c1-10(2)9-13-16(19)14(17(20)22-13)15(18)11(3)21-12-7-5-4-6-8-12/h4-8,10-11,13-14H,9H2,1-3H3. The molecule has 1 aromatic rings. The fourth-order valence-electron chi connectivity index (χ4n) is 2.41. The number of ether oxygens (including phenoxy) is 2. The highest BCUT2D eigenvalue weighted by Gasteiger charge is 2.49. The summed E-state index contributed by atoms with van der Waals surface area (Å²) < 4.78 is 10.5. The van der Waals surface area contributed by atoms with E-state index in [2.05, 4.69) is 0 Å². The molecule has 0 aliphatic carbocycles. The molecule has 118 valence electrons. The highest BCUT2D eigenvalue weighted by molar-refractivity contribution is 6.22. The summed E-state index contributed by atoms with van der Waals surface area (Å²) in [6.07, 6.45) is -1.27. The van der Waals surface area contributed by atoms with Crippen LogP contribution in [0.15, 0.2) is 30.3 Å². The minimum atomic E-state index is -1.36. The summed E-state index contributed by atoms with van der Waals surface area (Å²) in [6, 6.07) is 8.80. The van der Waals surface area contributed by atoms with Crippen LogP contribution in [0.1, 0.15) is 27.2 Å². The van der Waals surface area contributed by atoms with Crippen molar-refractivity contribution >= 4 is 17.5 Å². The Kier molecular flexibility index (Phi) is 4.96. The number of carbonyl (C=O) groups is 3. The Bertz CT molecular complexity index is 564. The molecule has 1 fully saturated rings. The first kappa shape index (κ1) is 16.2. The number of carbonyl (C=O) groups excluding carboxylic acids is 3. The second-order valence-corrected chi connectivity index (χ2v) is 5.87. The number of ketones is 2. The third-order valence-electron chi connectivity index (χ3n) is 3.52. The van der Waals surface area contributed by atoms with E-state index < -0.39 is 35.7 Å². The van der Waals surface area contributed by atoms with Crippen LogP contribution in [0.2, 0.25) is 0 Å². The lowest BCUT2D eigenvalue weighted by Gasteiger charge is -2.15. The molecule has 2 rings (SSSR count). The Morgan fingerprint density at radius 1 is 1.18 bits per heavy atom. The number of para-hydroxylation sites is 1. The Morgan fingerprint density at radius 3 is 2.41 bits per heavy atom. The fourth-order valence-corrected chi connectivity index (χ4v) is 2.41. The first-order valence-corrected chi connectivity index (χ1v) is 7.39. The summed E-state index contributed by atoms with van der Waals surface area (Å²) in [6.45, 7) is 5.39. The molecule has 5 nitrogen and oxygen atoms in total. The SMILES string of the molecule is CC(C)CC1OC(=O)C(C(=O)C(C)Oc2ccccc2)C1=O. The Hall–Kier alpha value is -2.17. The second kappa shape index (κ2) is 6.73. The van der Waals surface area contributed by atoms with Gasteiger partial charge in [0.05, 0.1) is 0 Å². The summed E-state index contributed by atoms with van der Waals surface area (Å²) >= 11 is 0. The van der Waals surface area contributed by atoms with Crippen molar-refractivity contribution < 1.29 is 23.9 Å². The Morgan fingerprint density at radius 2 is 1.82 bits per heavy atom. The van der Waals surface area contributed by atoms with Crippen molar-refractivity contribution in [2.45, 2.75) is 39.4 Å². The molecular weight excluding hydrogens is 284 g/mol. The first-order chi connectivity index (χ1) is 10.4. The van der Waals surface area contributed by atoms with Crippen molar-refractivity contribution in [1.82, 2.24) is 0 Å². The van der Waals surface area contributed by atoms with Crippen molar-refractivity contribution in [3.8, 4) is 5.75 Å². The number of cyclic esters (lactones) is 1. The molecule has 0 N–H and O–H groups in total. The van der Waals surface area contributed by atoms with Crippen LogP contribution in [0, 0.1) is 11.8 Å². The van der Waals surface area contributed by atoms with E-state index in [1.165, 1.54) is 6.92 Å². The predicted molar refractivity (Wildman–Crippen MR) is 79.4 cm³/mol. The lowest BCUT2D eigenvalue weighted by atomic mass is 9.92. The van der Waals surface area contributed by atoms with Gasteiger partial charge in [0.2, 0.25) is 0 Å². The molecule has 5 heteroatoms. The van der Waals surface area contributed by atoms with Crippen molar-refractivity contribution in [2.75, 3.05) is 0 Å². The quantitative estimate of drug-likeness (QED) is 0.595. The topological polar surface area (TPSA) is 69.7 Å². The van der Waals surface area contributed by atoms with Crippen LogP contribution in [0.25, 0.3) is 0 Å². The summed E-state index contributed by atoms with van der Waals surface area (Å²) in [5.41, 5.74) is 0. The molecule has 22 heavy (non-hydrogen) atoms. The van der Waals surface area contributed by atoms with Crippen LogP contribution >= 0.6 is 0 Å². The van der Waals surface area contributed by atoms with Crippen LogP contribution in [0.5, 0.6) is 5.75 Å². The van der Waals surface area contributed by atoms with E-state index in [0.29, 0.717) is 12.2 Å². The third kappa shape index (κ3) is 3.53. The van der Waals surface area contributed by atoms with Crippen LogP contribution in [0.3, 0.4) is 0 Å². The highest BCUT2D eigenvalue weighted by Crippen LogP contribution is 2.25. The normalized spacial score (nSPS) is 22.5. The molecule has 0 spiro atoms. The maximum Gasteiger partial charge on any atom is 0.325 e. The second-order valence-electron chi connectivity index (χ2n) is 5.87. The Balaban J connectivity index is 2.05. The molecule has 1 aromatic carbocycles. The van der Waals surface area contributed by atoms with E-state index >= 15 is 0 Å². The van der Waals surface area contributed by atoms with Crippen molar-refractivity contribution in [1.29, 1.82) is 0 Å². The first-order valence-electron chi connectivity index (χ1n) is 7.39. The van der Waals surface area contributed by atoms with Gasteiger partial charge in [-0.05, 0) is 31.4 Å². The van der Waals surface area contributed by atoms with E-state index in [-0.39, 0.29) is 5.92 Å². The number of hydrogen-bond acceptors (Lipinski definition) is 5. The number of hydrogen-bond donors (Lipinski definition) is 0. The number of Topliss-reactive ketones (excluding diaryl/α,β-unsaturated/α-hetero) is 2. The monoisotopic (exact) mass is 304 g/mol. The van der Waals surface area contributed by atoms with Gasteiger partial charge in [0.1, 0.15) is 5.75 Å². The molecular formula is C17H20O5. The van der Waals surface area contributed by atoms with Crippen LogP contribution in [-0.2, 0) is 19.1 Å². The van der Waals surface area contributed by atoms with Gasteiger partial charge in [-0.15, -0.1) is 0 Å². The maximum absolute atomic E-state index is 12.4. The summed E-state index contributed by atoms with van der Waals surface area (Å²) in [5.74, 6) is -2.40. The van der Waals surface area contributed by atoms with E-state index in [4.69, 9.17) is 9.47 Å². The lowest BCUT2D eigenvalue weighted by molar-refractivity contribution is -0.148. The Labute approximate surface area is 129 Å². The zero-order chi connectivity index (χ0) is 16.3. The average molecular weight is 304 g/mol. The number of benzene rings is 1. The van der Waals surface area contributed by atoms with E-state index in [1.54, 1.807) is 24.3 Å². The third-order valence-corrected chi connectivity index (χ3v) is 3.52. The van der Waals surface area contributed by atoms with E-state index in [1.807, 2.05) is 19.9 Å². The van der Waals surface area contributed by atoms with Crippen molar-refractivity contribution in [3.63, 3.8) is 0 Å². The van der Waals surface area contributed by atoms with Gasteiger partial charge in [0.25, 0.3) is 0 Å². The van der Waals surface area contributed by atoms with Gasteiger partial charge in [0.15, 0.2) is 29.7 Å². The van der Waals surface area contributed by atoms with Crippen molar-refractivity contribution in [3.05, 3.63) is 30.3 Å². The molecule has 3 unspecified atom stereocenters. The fraction of sp³-hybridized carbons (Fsp3) is 0.471. The van der Waals surface area contributed by atoms with Gasteiger partial charge in [0, 0.05) is 0 Å². The molecule has 1 saturated heterocycles. The molecule has 0 radical (unpaired) electrons. The minimum absolute atomic E-state index is 0.202. The maximum atomic E-state index is 12.4. The molecule has 0 aromatic heterocycles. The zero-order valence-electron chi connectivity index (χ0n) is 12.9. The molecule has 0 amide bonds. The molecule has 1 aliphatic heterocycles. The number of esters is 1. The highest BCUT2D eigenvalue weighted by atomic mass is 16.6. The number of rotatable bonds is 6. The van der Waals surface area contributed by atoms with E-state index in [0.717, 1.165) is 0 Å². The van der Waals surface area contributed by atoms with Gasteiger partial charge in [-0.3, -0.25) is 14.4 Å². The van der Waals surface area contributed by atoms with Crippen LogP contribution in [0.4, 0.5) is 0 Å². The molecule has 1 aliphatic rings. The molecule has 3 atom stereocenters. The van der Waals surface area contributed by atoms with Gasteiger partial charge >= 0.3 is 5.97 Å². The van der Waals surface area contributed by atoms with Crippen LogP contribution in [-0.4, -0.2) is 29.7 Å². The summed E-state index contributed by atoms with van der Waals surface area (Å²) in [7, 11) is 0. The van der Waals surface area contributed by atoms with Gasteiger partial charge < -0.3 is 9.47 Å². The van der Waals surface area contributed by atoms with Crippen molar-refractivity contribution in [2.24, 2.45) is 11.8 Å². The minimum Gasteiger partial charge on any atom is -0.483 e. The lowest BCUT2D eigenvalue weighted by Crippen LogP contribution is -2.37. The summed E-state index contributed by atoms with van der Waals surface area (Å²) in [4.78, 5) is 36.4.